The highest BCUT2D eigenvalue weighted by Gasteiger charge is 2.09. The van der Waals surface area contributed by atoms with Crippen molar-refractivity contribution in [1.82, 2.24) is 9.55 Å². The summed E-state index contributed by atoms with van der Waals surface area (Å²) in [7, 11) is 1.66. The van der Waals surface area contributed by atoms with Gasteiger partial charge in [0, 0.05) is 32.4 Å². The zero-order valence-electron chi connectivity index (χ0n) is 9.50. The summed E-state index contributed by atoms with van der Waals surface area (Å²) in [5.74, 6) is 0. The molecule has 0 N–H and O–H groups in total. The monoisotopic (exact) mass is 235 g/mol. The van der Waals surface area contributed by atoms with Gasteiger partial charge in [-0.3, -0.25) is 10.1 Å². The van der Waals surface area contributed by atoms with Crippen molar-refractivity contribution in [2.45, 2.75) is 13.0 Å². The molecule has 0 fully saturated rings. The van der Waals surface area contributed by atoms with Crippen molar-refractivity contribution in [3.8, 4) is 0 Å². The van der Waals surface area contributed by atoms with Crippen LogP contribution in [-0.4, -0.2) is 28.2 Å². The predicted molar refractivity (Wildman–Crippen MR) is 62.9 cm³/mol. The summed E-state index contributed by atoms with van der Waals surface area (Å²) in [5.41, 5.74) is 1.63. The van der Waals surface area contributed by atoms with Crippen molar-refractivity contribution >= 4 is 16.7 Å². The Morgan fingerprint density at radius 3 is 3.06 bits per heavy atom. The van der Waals surface area contributed by atoms with E-state index in [1.54, 1.807) is 19.5 Å². The van der Waals surface area contributed by atoms with Gasteiger partial charge in [-0.15, -0.1) is 0 Å². The lowest BCUT2D eigenvalue weighted by molar-refractivity contribution is -0.384. The lowest BCUT2D eigenvalue weighted by atomic mass is 10.3. The number of rotatable bonds is 5. The van der Waals surface area contributed by atoms with E-state index in [0.717, 1.165) is 18.5 Å². The van der Waals surface area contributed by atoms with Crippen molar-refractivity contribution in [3.63, 3.8) is 0 Å². The maximum Gasteiger partial charge on any atom is 0.271 e. The quantitative estimate of drug-likeness (QED) is 0.451. The fourth-order valence-electron chi connectivity index (χ4n) is 1.72. The third-order valence-electron chi connectivity index (χ3n) is 2.56. The summed E-state index contributed by atoms with van der Waals surface area (Å²) >= 11 is 0. The Morgan fingerprint density at radius 1 is 1.53 bits per heavy atom. The molecule has 0 aliphatic heterocycles. The van der Waals surface area contributed by atoms with Crippen molar-refractivity contribution in [2.75, 3.05) is 13.7 Å². The number of nitro groups is 1. The first-order chi connectivity index (χ1) is 8.22. The third kappa shape index (κ3) is 2.42. The summed E-state index contributed by atoms with van der Waals surface area (Å²) in [6, 6.07) is 4.71. The van der Waals surface area contributed by atoms with Gasteiger partial charge in [0.05, 0.1) is 22.3 Å². The van der Waals surface area contributed by atoms with Crippen LogP contribution in [0.3, 0.4) is 0 Å². The van der Waals surface area contributed by atoms with E-state index in [1.807, 2.05) is 4.57 Å². The van der Waals surface area contributed by atoms with Gasteiger partial charge >= 0.3 is 0 Å². The van der Waals surface area contributed by atoms with Crippen LogP contribution < -0.4 is 0 Å². The maximum absolute atomic E-state index is 10.6. The van der Waals surface area contributed by atoms with Crippen LogP contribution >= 0.6 is 0 Å². The number of benzene rings is 1. The minimum Gasteiger partial charge on any atom is -0.385 e. The van der Waals surface area contributed by atoms with Crippen LogP contribution in [0.5, 0.6) is 0 Å². The average Bonchev–Trinajstić information content (AvgIpc) is 2.72. The number of nitrogens with zero attached hydrogens (tertiary/aromatic N) is 3. The number of hydrogen-bond donors (Lipinski definition) is 0. The van der Waals surface area contributed by atoms with Gasteiger partial charge < -0.3 is 9.30 Å². The van der Waals surface area contributed by atoms with Gasteiger partial charge in [0.25, 0.3) is 5.69 Å². The van der Waals surface area contributed by atoms with E-state index >= 15 is 0 Å². The highest BCUT2D eigenvalue weighted by Crippen LogP contribution is 2.19. The molecule has 0 spiro atoms. The van der Waals surface area contributed by atoms with Crippen LogP contribution in [0.15, 0.2) is 24.5 Å². The first-order valence-corrected chi connectivity index (χ1v) is 5.30. The van der Waals surface area contributed by atoms with Crippen molar-refractivity contribution in [2.24, 2.45) is 0 Å². The average molecular weight is 235 g/mol. The van der Waals surface area contributed by atoms with Gasteiger partial charge in [-0.2, -0.15) is 0 Å². The van der Waals surface area contributed by atoms with Gasteiger partial charge in [-0.25, -0.2) is 4.98 Å². The molecule has 1 aromatic heterocycles. The molecule has 2 rings (SSSR count). The van der Waals surface area contributed by atoms with E-state index in [-0.39, 0.29) is 5.69 Å². The second-order valence-electron chi connectivity index (χ2n) is 3.71. The van der Waals surface area contributed by atoms with Crippen LogP contribution in [0.2, 0.25) is 0 Å². The summed E-state index contributed by atoms with van der Waals surface area (Å²) in [6.07, 6.45) is 2.59. The largest absolute Gasteiger partial charge is 0.385 e. The van der Waals surface area contributed by atoms with Crippen LogP contribution in [0.1, 0.15) is 6.42 Å². The van der Waals surface area contributed by atoms with Gasteiger partial charge in [0.2, 0.25) is 0 Å². The van der Waals surface area contributed by atoms with Crippen molar-refractivity contribution in [1.29, 1.82) is 0 Å². The van der Waals surface area contributed by atoms with Crippen LogP contribution in [0.4, 0.5) is 5.69 Å². The van der Waals surface area contributed by atoms with Gasteiger partial charge in [-0.05, 0) is 12.5 Å². The van der Waals surface area contributed by atoms with Crippen molar-refractivity contribution < 1.29 is 9.66 Å². The molecule has 17 heavy (non-hydrogen) atoms. The number of imidazole rings is 1. The molecule has 1 aromatic carbocycles. The van der Waals surface area contributed by atoms with Crippen LogP contribution in [0.25, 0.3) is 11.0 Å². The highest BCUT2D eigenvalue weighted by molar-refractivity contribution is 5.77. The lowest BCUT2D eigenvalue weighted by Crippen LogP contribution is -1.99. The molecule has 0 atom stereocenters. The normalized spacial score (nSPS) is 10.9. The number of ether oxygens (including phenoxy) is 1. The Hall–Kier alpha value is -1.95. The Labute approximate surface area is 98.0 Å². The summed E-state index contributed by atoms with van der Waals surface area (Å²) in [4.78, 5) is 14.4. The molecule has 0 saturated heterocycles. The zero-order chi connectivity index (χ0) is 12.3. The molecule has 0 radical (unpaired) electrons. The number of non-ortho nitro benzene ring substituents is 1. The van der Waals surface area contributed by atoms with E-state index < -0.39 is 4.92 Å². The van der Waals surface area contributed by atoms with Gasteiger partial charge in [0.1, 0.15) is 0 Å². The molecule has 6 nitrogen and oxygen atoms in total. The summed E-state index contributed by atoms with van der Waals surface area (Å²) in [5, 5.41) is 10.6. The first kappa shape index (κ1) is 11.5. The minimum atomic E-state index is -0.413. The number of methoxy groups -OCH3 is 1. The fourth-order valence-corrected chi connectivity index (χ4v) is 1.72. The van der Waals surface area contributed by atoms with Crippen molar-refractivity contribution in [3.05, 3.63) is 34.6 Å². The molecule has 2 aromatic rings. The molecular formula is C11H13N3O3. The fraction of sp³-hybridized carbons (Fsp3) is 0.364. The topological polar surface area (TPSA) is 70.2 Å². The molecule has 0 aliphatic rings. The molecule has 90 valence electrons. The Bertz CT molecular complexity index is 536. The Balaban J connectivity index is 2.25. The summed E-state index contributed by atoms with van der Waals surface area (Å²) < 4.78 is 6.95. The number of fused-ring (bicyclic) bond motifs is 1. The van der Waals surface area contributed by atoms with E-state index in [2.05, 4.69) is 4.98 Å². The van der Waals surface area contributed by atoms with E-state index in [1.165, 1.54) is 12.1 Å². The molecule has 0 aliphatic carbocycles. The first-order valence-electron chi connectivity index (χ1n) is 5.30. The second kappa shape index (κ2) is 4.92. The maximum atomic E-state index is 10.6. The number of aryl methyl sites for hydroxylation is 1. The number of nitro benzene ring substituents is 1. The Kier molecular flexibility index (Phi) is 3.34. The molecule has 0 bridgehead atoms. The van der Waals surface area contributed by atoms with E-state index in [0.29, 0.717) is 12.1 Å². The Morgan fingerprint density at radius 2 is 2.35 bits per heavy atom. The number of hydrogen-bond acceptors (Lipinski definition) is 4. The lowest BCUT2D eigenvalue weighted by Gasteiger charge is -2.03. The predicted octanol–water partition coefficient (Wildman–Crippen LogP) is 1.98. The molecule has 1 heterocycles. The highest BCUT2D eigenvalue weighted by atomic mass is 16.6. The standard InChI is InChI=1S/C11H13N3O3/c1-17-6-2-5-13-8-12-10-7-9(14(15)16)3-4-11(10)13/h3-4,7-8H,2,5-6H2,1H3. The number of aromatic nitrogens is 2. The molecule has 0 saturated carbocycles. The van der Waals surface area contributed by atoms with E-state index in [4.69, 9.17) is 4.74 Å². The zero-order valence-corrected chi connectivity index (χ0v) is 9.50. The minimum absolute atomic E-state index is 0.0691. The molecular weight excluding hydrogens is 222 g/mol. The molecule has 6 heteroatoms. The molecule has 0 amide bonds. The second-order valence-corrected chi connectivity index (χ2v) is 3.71. The van der Waals surface area contributed by atoms with Crippen LogP contribution in [-0.2, 0) is 11.3 Å². The van der Waals surface area contributed by atoms with E-state index in [9.17, 15) is 10.1 Å². The smallest absolute Gasteiger partial charge is 0.271 e. The van der Waals surface area contributed by atoms with Gasteiger partial charge in [0.15, 0.2) is 0 Å². The SMILES string of the molecule is COCCCn1cnc2cc([N+](=O)[O-])ccc21. The summed E-state index contributed by atoms with van der Waals surface area (Å²) in [6.45, 7) is 1.48. The molecule has 0 unspecified atom stereocenters. The van der Waals surface area contributed by atoms with Crippen LogP contribution in [0, 0.1) is 10.1 Å². The van der Waals surface area contributed by atoms with Gasteiger partial charge in [-0.1, -0.05) is 0 Å². The third-order valence-corrected chi connectivity index (χ3v) is 2.56.